The smallest absolute Gasteiger partial charge is 0.338 e. The maximum Gasteiger partial charge on any atom is 0.338 e. The number of esters is 1. The van der Waals surface area contributed by atoms with Crippen LogP contribution in [0.3, 0.4) is 0 Å². The minimum Gasteiger partial charge on any atom is -0.462 e. The van der Waals surface area contributed by atoms with Crippen LogP contribution in [0.5, 0.6) is 0 Å². The largest absolute Gasteiger partial charge is 0.462 e. The number of benzene rings is 2. The molecule has 0 atom stereocenters. The molecule has 2 aromatic rings. The van der Waals surface area contributed by atoms with Crippen molar-refractivity contribution >= 4 is 35.2 Å². The van der Waals surface area contributed by atoms with Crippen LogP contribution in [0.15, 0.2) is 48.5 Å². The molecule has 2 aromatic carbocycles. The summed E-state index contributed by atoms with van der Waals surface area (Å²) in [4.78, 5) is 35.4. The van der Waals surface area contributed by atoms with Gasteiger partial charge in [-0.2, -0.15) is 11.8 Å². The van der Waals surface area contributed by atoms with Crippen LogP contribution in [0.4, 0.5) is 10.1 Å². The highest BCUT2D eigenvalue weighted by Crippen LogP contribution is 2.12. The average Bonchev–Trinajstić information content (AvgIpc) is 2.71. The van der Waals surface area contributed by atoms with Gasteiger partial charge in [0, 0.05) is 24.4 Å². The quantitative estimate of drug-likeness (QED) is 0.456. The van der Waals surface area contributed by atoms with Gasteiger partial charge in [-0.3, -0.25) is 9.59 Å². The van der Waals surface area contributed by atoms with Crippen molar-refractivity contribution in [2.75, 3.05) is 23.4 Å². The summed E-state index contributed by atoms with van der Waals surface area (Å²) < 4.78 is 17.7. The molecule has 0 aliphatic carbocycles. The molecular weight excluding hydrogens is 395 g/mol. The van der Waals surface area contributed by atoms with E-state index in [9.17, 15) is 18.8 Å². The highest BCUT2D eigenvalue weighted by molar-refractivity contribution is 7.99. The number of halogens is 1. The second-order valence-electron chi connectivity index (χ2n) is 6.05. The van der Waals surface area contributed by atoms with Crippen molar-refractivity contribution in [3.8, 4) is 0 Å². The first-order chi connectivity index (χ1) is 14.0. The van der Waals surface area contributed by atoms with Crippen LogP contribution in [0, 0.1) is 5.82 Å². The van der Waals surface area contributed by atoms with E-state index in [1.165, 1.54) is 23.9 Å². The SMILES string of the molecule is CCOC(=O)c1ccc(NC(=O)CSCCC(=O)NCc2ccc(F)cc2)cc1. The number of anilines is 1. The Hall–Kier alpha value is -2.87. The third-order valence-corrected chi connectivity index (χ3v) is 4.75. The minimum absolute atomic E-state index is 0.128. The van der Waals surface area contributed by atoms with Crippen molar-refractivity contribution in [1.29, 1.82) is 0 Å². The lowest BCUT2D eigenvalue weighted by atomic mass is 10.2. The first-order valence-electron chi connectivity index (χ1n) is 9.14. The summed E-state index contributed by atoms with van der Waals surface area (Å²) in [6.07, 6.45) is 0.285. The van der Waals surface area contributed by atoms with Gasteiger partial charge in [0.2, 0.25) is 11.8 Å². The molecule has 6 nitrogen and oxygen atoms in total. The molecule has 0 saturated heterocycles. The topological polar surface area (TPSA) is 84.5 Å². The second kappa shape index (κ2) is 11.9. The van der Waals surface area contributed by atoms with Crippen LogP contribution in [-0.4, -0.2) is 35.9 Å². The van der Waals surface area contributed by atoms with Crippen molar-refractivity contribution in [2.24, 2.45) is 0 Å². The fourth-order valence-electron chi connectivity index (χ4n) is 2.32. The Morgan fingerprint density at radius 1 is 1.00 bits per heavy atom. The number of carbonyl (C=O) groups is 3. The highest BCUT2D eigenvalue weighted by atomic mass is 32.2. The Bertz CT molecular complexity index is 826. The molecule has 0 unspecified atom stereocenters. The van der Waals surface area contributed by atoms with Crippen molar-refractivity contribution in [2.45, 2.75) is 19.9 Å². The number of nitrogens with one attached hydrogen (secondary N) is 2. The van der Waals surface area contributed by atoms with E-state index in [4.69, 9.17) is 4.74 Å². The zero-order chi connectivity index (χ0) is 21.1. The Kier molecular flexibility index (Phi) is 9.17. The third kappa shape index (κ3) is 8.35. The van der Waals surface area contributed by atoms with Crippen LogP contribution < -0.4 is 10.6 Å². The Morgan fingerprint density at radius 3 is 2.34 bits per heavy atom. The van der Waals surface area contributed by atoms with Crippen molar-refractivity contribution in [3.05, 3.63) is 65.5 Å². The molecule has 8 heteroatoms. The van der Waals surface area contributed by atoms with Gasteiger partial charge in [0.15, 0.2) is 0 Å². The van der Waals surface area contributed by atoms with Gasteiger partial charge in [-0.1, -0.05) is 12.1 Å². The standard InChI is InChI=1S/C21H23FN2O4S/c1-2-28-21(27)16-5-9-18(10-6-16)24-20(26)14-29-12-11-19(25)23-13-15-3-7-17(22)8-4-15/h3-10H,2,11-14H2,1H3,(H,23,25)(H,24,26). The van der Waals surface area contributed by atoms with Gasteiger partial charge in [-0.25, -0.2) is 9.18 Å². The number of rotatable bonds is 10. The van der Waals surface area contributed by atoms with Crippen LogP contribution in [0.1, 0.15) is 29.3 Å². The molecule has 0 fully saturated rings. The van der Waals surface area contributed by atoms with Crippen molar-refractivity contribution in [3.63, 3.8) is 0 Å². The maximum atomic E-state index is 12.8. The third-order valence-electron chi connectivity index (χ3n) is 3.79. The molecule has 2 N–H and O–H groups in total. The maximum absolute atomic E-state index is 12.8. The van der Waals surface area contributed by atoms with Crippen molar-refractivity contribution < 1.29 is 23.5 Å². The second-order valence-corrected chi connectivity index (χ2v) is 7.16. The molecule has 2 rings (SSSR count). The summed E-state index contributed by atoms with van der Waals surface area (Å²) in [5.74, 6) is -0.319. The minimum atomic E-state index is -0.404. The molecule has 154 valence electrons. The van der Waals surface area contributed by atoms with Crippen LogP contribution >= 0.6 is 11.8 Å². The predicted octanol–water partition coefficient (Wildman–Crippen LogP) is 3.38. The summed E-state index contributed by atoms with van der Waals surface area (Å²) in [5, 5.41) is 5.49. The molecule has 0 heterocycles. The summed E-state index contributed by atoms with van der Waals surface area (Å²) in [5.41, 5.74) is 1.83. The van der Waals surface area contributed by atoms with E-state index in [0.29, 0.717) is 30.2 Å². The molecule has 0 bridgehead atoms. The molecule has 0 aliphatic rings. The fourth-order valence-corrected chi connectivity index (χ4v) is 3.05. The molecular formula is C21H23FN2O4S. The zero-order valence-corrected chi connectivity index (χ0v) is 16.9. The Balaban J connectivity index is 1.62. The van der Waals surface area contributed by atoms with E-state index in [1.54, 1.807) is 43.3 Å². The normalized spacial score (nSPS) is 10.3. The number of hydrogen-bond donors (Lipinski definition) is 2. The lowest BCUT2D eigenvalue weighted by Crippen LogP contribution is -2.23. The average molecular weight is 418 g/mol. The number of ether oxygens (including phenoxy) is 1. The first kappa shape index (κ1) is 22.4. The van der Waals surface area contributed by atoms with E-state index in [2.05, 4.69) is 10.6 Å². The molecule has 2 amide bonds. The van der Waals surface area contributed by atoms with E-state index in [1.807, 2.05) is 0 Å². The van der Waals surface area contributed by atoms with E-state index < -0.39 is 5.97 Å². The first-order valence-corrected chi connectivity index (χ1v) is 10.3. The molecule has 0 aliphatic heterocycles. The number of amides is 2. The van der Waals surface area contributed by atoms with Gasteiger partial charge in [-0.15, -0.1) is 0 Å². The van der Waals surface area contributed by atoms with Gasteiger partial charge < -0.3 is 15.4 Å². The fraction of sp³-hybridized carbons (Fsp3) is 0.286. The van der Waals surface area contributed by atoms with Crippen molar-refractivity contribution in [1.82, 2.24) is 5.32 Å². The molecule has 0 saturated carbocycles. The molecule has 0 radical (unpaired) electrons. The highest BCUT2D eigenvalue weighted by Gasteiger charge is 2.08. The zero-order valence-electron chi connectivity index (χ0n) is 16.1. The lowest BCUT2D eigenvalue weighted by Gasteiger charge is -2.07. The van der Waals surface area contributed by atoms with E-state index >= 15 is 0 Å². The van der Waals surface area contributed by atoms with Crippen LogP contribution in [0.2, 0.25) is 0 Å². The van der Waals surface area contributed by atoms with Gasteiger partial charge in [0.25, 0.3) is 0 Å². The Morgan fingerprint density at radius 2 is 1.69 bits per heavy atom. The van der Waals surface area contributed by atoms with Gasteiger partial charge in [0.1, 0.15) is 5.82 Å². The van der Waals surface area contributed by atoms with E-state index in [0.717, 1.165) is 5.56 Å². The van der Waals surface area contributed by atoms with Gasteiger partial charge in [-0.05, 0) is 48.9 Å². The van der Waals surface area contributed by atoms with Gasteiger partial charge >= 0.3 is 5.97 Å². The van der Waals surface area contributed by atoms with E-state index in [-0.39, 0.29) is 29.8 Å². The lowest BCUT2D eigenvalue weighted by molar-refractivity contribution is -0.121. The molecule has 29 heavy (non-hydrogen) atoms. The summed E-state index contributed by atoms with van der Waals surface area (Å²) in [7, 11) is 0. The summed E-state index contributed by atoms with van der Waals surface area (Å²) in [6, 6.07) is 12.4. The van der Waals surface area contributed by atoms with Crippen LogP contribution in [0.25, 0.3) is 0 Å². The van der Waals surface area contributed by atoms with Crippen LogP contribution in [-0.2, 0) is 20.9 Å². The summed E-state index contributed by atoms with van der Waals surface area (Å²) >= 11 is 1.35. The Labute approximate surface area is 173 Å². The molecule has 0 aromatic heterocycles. The monoisotopic (exact) mass is 418 g/mol. The summed E-state index contributed by atoms with van der Waals surface area (Å²) in [6.45, 7) is 2.38. The number of thioether (sulfide) groups is 1. The van der Waals surface area contributed by atoms with Gasteiger partial charge in [0.05, 0.1) is 17.9 Å². The molecule has 0 spiro atoms. The number of hydrogen-bond acceptors (Lipinski definition) is 5. The predicted molar refractivity (Wildman–Crippen MR) is 111 cm³/mol. The number of carbonyl (C=O) groups excluding carboxylic acids is 3.